The number of carbonyl (C=O) groups is 1. The van der Waals surface area contributed by atoms with Gasteiger partial charge in [0.05, 0.1) is 16.3 Å². The molecule has 1 aliphatic heterocycles. The van der Waals surface area contributed by atoms with Crippen molar-refractivity contribution in [3.63, 3.8) is 0 Å². The van der Waals surface area contributed by atoms with Crippen LogP contribution in [0.1, 0.15) is 27.9 Å². The molecule has 1 amide bonds. The highest BCUT2D eigenvalue weighted by Gasteiger charge is 2.30. The molecular formula is C21H18Cl2N4O3S. The molecule has 0 aliphatic carbocycles. The second kappa shape index (κ2) is 8.82. The second-order valence-electron chi connectivity index (χ2n) is 7.10. The van der Waals surface area contributed by atoms with Crippen LogP contribution in [-0.4, -0.2) is 36.6 Å². The van der Waals surface area contributed by atoms with Crippen LogP contribution in [0.4, 0.5) is 11.5 Å². The summed E-state index contributed by atoms with van der Waals surface area (Å²) in [7, 11) is -3.42. The quantitative estimate of drug-likeness (QED) is 0.596. The standard InChI is InChI=1S/C21H18Cl2N4O3S/c22-16-9-15(8-14-2-4-24-5-3-14)10-17(11-16)26-21(28)18-12-20(25-13-19(18)23)27-6-1-7-31(27,29)30/h2-5,9-13H,1,6-8H2,(H,26,28). The zero-order valence-corrected chi connectivity index (χ0v) is 18.6. The molecule has 0 spiro atoms. The molecular weight excluding hydrogens is 459 g/mol. The van der Waals surface area contributed by atoms with E-state index in [0.29, 0.717) is 30.1 Å². The Bertz CT molecular complexity index is 1240. The van der Waals surface area contributed by atoms with Crippen molar-refractivity contribution in [1.82, 2.24) is 9.97 Å². The number of amides is 1. The van der Waals surface area contributed by atoms with Crippen molar-refractivity contribution in [3.05, 3.63) is 81.7 Å². The summed E-state index contributed by atoms with van der Waals surface area (Å²) in [6.45, 7) is 0.324. The highest BCUT2D eigenvalue weighted by Crippen LogP contribution is 2.27. The van der Waals surface area contributed by atoms with Crippen LogP contribution in [0.2, 0.25) is 10.0 Å². The van der Waals surface area contributed by atoms with Crippen LogP contribution in [0.3, 0.4) is 0 Å². The summed E-state index contributed by atoms with van der Waals surface area (Å²) in [5, 5.41) is 3.39. The van der Waals surface area contributed by atoms with Crippen LogP contribution in [0.5, 0.6) is 0 Å². The van der Waals surface area contributed by atoms with Crippen LogP contribution >= 0.6 is 23.2 Å². The number of hydrogen-bond acceptors (Lipinski definition) is 5. The first-order valence-corrected chi connectivity index (χ1v) is 11.8. The van der Waals surface area contributed by atoms with Gasteiger partial charge in [0, 0.05) is 35.8 Å². The van der Waals surface area contributed by atoms with E-state index in [-0.39, 0.29) is 22.2 Å². The van der Waals surface area contributed by atoms with Gasteiger partial charge < -0.3 is 5.32 Å². The third-order valence-corrected chi connectivity index (χ3v) is 7.18. The van der Waals surface area contributed by atoms with Gasteiger partial charge >= 0.3 is 0 Å². The summed E-state index contributed by atoms with van der Waals surface area (Å²) < 4.78 is 25.6. The number of nitrogens with zero attached hydrogens (tertiary/aromatic N) is 3. The molecule has 4 rings (SSSR count). The zero-order valence-electron chi connectivity index (χ0n) is 16.3. The third-order valence-electron chi connectivity index (χ3n) is 4.81. The Kier molecular flexibility index (Phi) is 6.13. The fourth-order valence-electron chi connectivity index (χ4n) is 3.39. The molecule has 10 heteroatoms. The molecule has 1 saturated heterocycles. The topological polar surface area (TPSA) is 92.3 Å². The van der Waals surface area contributed by atoms with Crippen molar-refractivity contribution in [2.75, 3.05) is 21.9 Å². The van der Waals surface area contributed by atoms with Crippen LogP contribution in [0.15, 0.2) is 55.0 Å². The molecule has 1 fully saturated rings. The largest absolute Gasteiger partial charge is 0.322 e. The minimum absolute atomic E-state index is 0.0571. The molecule has 2 aromatic heterocycles. The number of pyridine rings is 2. The van der Waals surface area contributed by atoms with E-state index in [1.807, 2.05) is 24.3 Å². The number of carbonyl (C=O) groups excluding carboxylic acids is 1. The van der Waals surface area contributed by atoms with E-state index < -0.39 is 15.9 Å². The summed E-state index contributed by atoms with van der Waals surface area (Å²) in [4.78, 5) is 21.0. The lowest BCUT2D eigenvalue weighted by molar-refractivity contribution is 0.102. The normalized spacial score (nSPS) is 15.1. The predicted molar refractivity (Wildman–Crippen MR) is 121 cm³/mol. The van der Waals surface area contributed by atoms with E-state index in [0.717, 1.165) is 11.1 Å². The molecule has 1 N–H and O–H groups in total. The molecule has 7 nitrogen and oxygen atoms in total. The van der Waals surface area contributed by atoms with E-state index in [9.17, 15) is 13.2 Å². The van der Waals surface area contributed by atoms with Crippen molar-refractivity contribution >= 4 is 50.6 Å². The molecule has 0 atom stereocenters. The summed E-state index contributed by atoms with van der Waals surface area (Å²) in [5.41, 5.74) is 2.61. The monoisotopic (exact) mass is 476 g/mol. The fraction of sp³-hybridized carbons (Fsp3) is 0.190. The first-order chi connectivity index (χ1) is 14.8. The maximum atomic E-state index is 12.9. The number of benzene rings is 1. The number of rotatable bonds is 5. The number of anilines is 2. The Morgan fingerprint density at radius 2 is 1.87 bits per heavy atom. The maximum absolute atomic E-state index is 12.9. The van der Waals surface area contributed by atoms with E-state index in [4.69, 9.17) is 23.2 Å². The minimum Gasteiger partial charge on any atom is -0.322 e. The van der Waals surface area contributed by atoms with Crippen LogP contribution in [0.25, 0.3) is 0 Å². The lowest BCUT2D eigenvalue weighted by Crippen LogP contribution is -2.26. The van der Waals surface area contributed by atoms with Crippen LogP contribution in [0, 0.1) is 0 Å². The summed E-state index contributed by atoms with van der Waals surface area (Å²) in [5.74, 6) is -0.249. The smallest absolute Gasteiger partial charge is 0.257 e. The van der Waals surface area contributed by atoms with Gasteiger partial charge in [-0.1, -0.05) is 23.2 Å². The molecule has 3 heterocycles. The lowest BCUT2D eigenvalue weighted by Gasteiger charge is -2.17. The number of hydrogen-bond donors (Lipinski definition) is 1. The molecule has 1 aromatic carbocycles. The molecule has 31 heavy (non-hydrogen) atoms. The van der Waals surface area contributed by atoms with Crippen molar-refractivity contribution in [2.24, 2.45) is 0 Å². The summed E-state index contributed by atoms with van der Waals surface area (Å²) in [6, 6.07) is 10.5. The molecule has 0 bridgehead atoms. The van der Waals surface area contributed by atoms with Crippen molar-refractivity contribution in [2.45, 2.75) is 12.8 Å². The third kappa shape index (κ3) is 4.98. The highest BCUT2D eigenvalue weighted by atomic mass is 35.5. The number of halogens is 2. The predicted octanol–water partition coefficient (Wildman–Crippen LogP) is 4.17. The Balaban J connectivity index is 1.58. The average molecular weight is 477 g/mol. The van der Waals surface area contributed by atoms with Gasteiger partial charge in [-0.25, -0.2) is 13.4 Å². The SMILES string of the molecule is O=C(Nc1cc(Cl)cc(Cc2ccncc2)c1)c1cc(N2CCCS2(=O)=O)ncc1Cl. The Hall–Kier alpha value is -2.68. The van der Waals surface area contributed by atoms with Crippen molar-refractivity contribution in [3.8, 4) is 0 Å². The van der Waals surface area contributed by atoms with Gasteiger partial charge in [-0.15, -0.1) is 0 Å². The average Bonchev–Trinajstić information content (AvgIpc) is 3.07. The molecule has 0 radical (unpaired) electrons. The van der Waals surface area contributed by atoms with Gasteiger partial charge in [-0.05, 0) is 60.4 Å². The molecule has 0 unspecified atom stereocenters. The first-order valence-electron chi connectivity index (χ1n) is 9.47. The molecule has 3 aromatic rings. The lowest BCUT2D eigenvalue weighted by atomic mass is 10.1. The Morgan fingerprint density at radius 1 is 1.10 bits per heavy atom. The number of nitrogens with one attached hydrogen (secondary N) is 1. The molecule has 1 aliphatic rings. The number of aromatic nitrogens is 2. The van der Waals surface area contributed by atoms with Crippen molar-refractivity contribution < 1.29 is 13.2 Å². The Morgan fingerprint density at radius 3 is 2.58 bits per heavy atom. The van der Waals surface area contributed by atoms with Gasteiger partial charge in [-0.3, -0.25) is 14.1 Å². The van der Waals surface area contributed by atoms with E-state index in [2.05, 4.69) is 15.3 Å². The Labute approximate surface area is 190 Å². The van der Waals surface area contributed by atoms with Gasteiger partial charge in [-0.2, -0.15) is 0 Å². The minimum atomic E-state index is -3.42. The van der Waals surface area contributed by atoms with Crippen LogP contribution < -0.4 is 9.62 Å². The molecule has 160 valence electrons. The van der Waals surface area contributed by atoms with E-state index >= 15 is 0 Å². The second-order valence-corrected chi connectivity index (χ2v) is 9.96. The molecule has 0 saturated carbocycles. The summed E-state index contributed by atoms with van der Waals surface area (Å²) in [6.07, 6.45) is 5.85. The fourth-order valence-corrected chi connectivity index (χ4v) is 5.35. The van der Waals surface area contributed by atoms with Crippen LogP contribution in [-0.2, 0) is 16.4 Å². The van der Waals surface area contributed by atoms with Gasteiger partial charge in [0.1, 0.15) is 5.82 Å². The van der Waals surface area contributed by atoms with Gasteiger partial charge in [0.15, 0.2) is 0 Å². The summed E-state index contributed by atoms with van der Waals surface area (Å²) >= 11 is 12.4. The highest BCUT2D eigenvalue weighted by molar-refractivity contribution is 7.93. The zero-order chi connectivity index (χ0) is 22.0. The van der Waals surface area contributed by atoms with E-state index in [1.165, 1.54) is 16.6 Å². The van der Waals surface area contributed by atoms with Gasteiger partial charge in [0.2, 0.25) is 10.0 Å². The van der Waals surface area contributed by atoms with Crippen molar-refractivity contribution in [1.29, 1.82) is 0 Å². The van der Waals surface area contributed by atoms with Gasteiger partial charge in [0.25, 0.3) is 5.91 Å². The van der Waals surface area contributed by atoms with E-state index in [1.54, 1.807) is 18.5 Å². The first kappa shape index (κ1) is 21.5. The maximum Gasteiger partial charge on any atom is 0.257 e. The number of sulfonamides is 1.